The molecule has 0 aromatic carbocycles. The number of halogens is 2. The number of hydrogen-bond acceptors (Lipinski definition) is 2. The standard InChI is InChI=1S/C6H11Cl2NS/c7-4-6(8)5-10-3-1-2-9/h4H,1-3,5,9H2/b6-4-. The summed E-state index contributed by atoms with van der Waals surface area (Å²) in [5.41, 5.74) is 6.69. The van der Waals surface area contributed by atoms with Gasteiger partial charge in [-0.25, -0.2) is 0 Å². The van der Waals surface area contributed by atoms with Crippen molar-refractivity contribution in [1.29, 1.82) is 0 Å². The van der Waals surface area contributed by atoms with Crippen LogP contribution in [0.15, 0.2) is 10.6 Å². The normalized spacial score (nSPS) is 12.1. The highest BCUT2D eigenvalue weighted by Crippen LogP contribution is 2.12. The number of nitrogens with two attached hydrogens (primary N) is 1. The Hall–Kier alpha value is 0.630. The summed E-state index contributed by atoms with van der Waals surface area (Å²) in [7, 11) is 0. The third-order valence-corrected chi connectivity index (χ3v) is 2.72. The predicted molar refractivity (Wildman–Crippen MR) is 50.8 cm³/mol. The summed E-state index contributed by atoms with van der Waals surface area (Å²) >= 11 is 12.7. The van der Waals surface area contributed by atoms with E-state index in [-0.39, 0.29) is 0 Å². The molecule has 0 rings (SSSR count). The molecule has 0 atom stereocenters. The van der Waals surface area contributed by atoms with E-state index in [1.807, 2.05) is 0 Å². The van der Waals surface area contributed by atoms with E-state index in [1.54, 1.807) is 11.8 Å². The lowest BCUT2D eigenvalue weighted by atomic mass is 10.5. The van der Waals surface area contributed by atoms with Crippen molar-refractivity contribution in [2.45, 2.75) is 6.42 Å². The van der Waals surface area contributed by atoms with Gasteiger partial charge in [-0.2, -0.15) is 11.8 Å². The molecule has 0 spiro atoms. The molecule has 1 nitrogen and oxygen atoms in total. The summed E-state index contributed by atoms with van der Waals surface area (Å²) < 4.78 is 0. The van der Waals surface area contributed by atoms with Crippen molar-refractivity contribution in [3.8, 4) is 0 Å². The first-order valence-electron chi connectivity index (χ1n) is 3.04. The Morgan fingerprint density at radius 1 is 1.60 bits per heavy atom. The summed E-state index contributed by atoms with van der Waals surface area (Å²) in [6.07, 6.45) is 1.04. The van der Waals surface area contributed by atoms with Gasteiger partial charge >= 0.3 is 0 Å². The lowest BCUT2D eigenvalue weighted by Gasteiger charge is -1.96. The van der Waals surface area contributed by atoms with Crippen molar-refractivity contribution in [2.24, 2.45) is 5.73 Å². The minimum absolute atomic E-state index is 0.698. The highest BCUT2D eigenvalue weighted by Gasteiger charge is 1.91. The number of hydrogen-bond donors (Lipinski definition) is 1. The average Bonchev–Trinajstić information content (AvgIpc) is 1.98. The van der Waals surface area contributed by atoms with E-state index in [1.165, 1.54) is 5.54 Å². The summed E-state index contributed by atoms with van der Waals surface area (Å²) in [6.45, 7) is 0.745. The van der Waals surface area contributed by atoms with Gasteiger partial charge in [0.05, 0.1) is 0 Å². The molecule has 0 unspecified atom stereocenters. The summed E-state index contributed by atoms with van der Waals surface area (Å²) in [4.78, 5) is 0. The van der Waals surface area contributed by atoms with Crippen molar-refractivity contribution in [1.82, 2.24) is 0 Å². The molecule has 10 heavy (non-hydrogen) atoms. The van der Waals surface area contributed by atoms with Crippen LogP contribution in [0, 0.1) is 0 Å². The lowest BCUT2D eigenvalue weighted by molar-refractivity contribution is 0.944. The van der Waals surface area contributed by atoms with Crippen molar-refractivity contribution in [3.05, 3.63) is 10.6 Å². The molecule has 0 saturated carbocycles. The maximum Gasteiger partial charge on any atom is 0.0392 e. The van der Waals surface area contributed by atoms with Gasteiger partial charge in [0.1, 0.15) is 0 Å². The Morgan fingerprint density at radius 2 is 2.30 bits per heavy atom. The topological polar surface area (TPSA) is 26.0 Å². The van der Waals surface area contributed by atoms with E-state index in [9.17, 15) is 0 Å². The van der Waals surface area contributed by atoms with Crippen LogP contribution in [0.5, 0.6) is 0 Å². The van der Waals surface area contributed by atoms with Crippen LogP contribution in [0.1, 0.15) is 6.42 Å². The van der Waals surface area contributed by atoms with E-state index in [2.05, 4.69) is 0 Å². The molecule has 0 aromatic heterocycles. The maximum absolute atomic E-state index is 5.62. The highest BCUT2D eigenvalue weighted by molar-refractivity contribution is 7.99. The van der Waals surface area contributed by atoms with Crippen LogP contribution in [0.25, 0.3) is 0 Å². The predicted octanol–water partition coefficient (Wildman–Crippen LogP) is 2.39. The Bertz CT molecular complexity index is 106. The lowest BCUT2D eigenvalue weighted by Crippen LogP contribution is -1.99. The summed E-state index contributed by atoms with van der Waals surface area (Å²) in [5.74, 6) is 1.85. The minimum atomic E-state index is 0.698. The Balaban J connectivity index is 3.04. The van der Waals surface area contributed by atoms with E-state index in [0.717, 1.165) is 24.5 Å². The van der Waals surface area contributed by atoms with Crippen molar-refractivity contribution < 1.29 is 0 Å². The van der Waals surface area contributed by atoms with Gasteiger partial charge in [0.25, 0.3) is 0 Å². The SMILES string of the molecule is NCCCSC/C(Cl)=C/Cl. The van der Waals surface area contributed by atoms with Crippen LogP contribution in [0.2, 0.25) is 0 Å². The third-order valence-electron chi connectivity index (χ3n) is 0.851. The van der Waals surface area contributed by atoms with Gasteiger partial charge in [-0.1, -0.05) is 23.2 Å². The quantitative estimate of drug-likeness (QED) is 0.689. The van der Waals surface area contributed by atoms with E-state index in [4.69, 9.17) is 28.9 Å². The van der Waals surface area contributed by atoms with E-state index in [0.29, 0.717) is 5.03 Å². The monoisotopic (exact) mass is 199 g/mol. The number of rotatable bonds is 5. The fraction of sp³-hybridized carbons (Fsp3) is 0.667. The molecule has 2 N–H and O–H groups in total. The molecule has 4 heteroatoms. The minimum Gasteiger partial charge on any atom is -0.330 e. The summed E-state index contributed by atoms with van der Waals surface area (Å²) in [6, 6.07) is 0. The molecule has 0 radical (unpaired) electrons. The zero-order valence-electron chi connectivity index (χ0n) is 5.65. The highest BCUT2D eigenvalue weighted by atomic mass is 35.5. The van der Waals surface area contributed by atoms with Crippen LogP contribution in [-0.4, -0.2) is 18.1 Å². The van der Waals surface area contributed by atoms with Gasteiger partial charge in [0.15, 0.2) is 0 Å². The molecule has 0 aliphatic heterocycles. The second-order valence-electron chi connectivity index (χ2n) is 1.75. The van der Waals surface area contributed by atoms with Gasteiger partial charge in [-0.15, -0.1) is 0 Å². The summed E-state index contributed by atoms with van der Waals surface area (Å²) in [5, 5.41) is 0.698. The fourth-order valence-electron chi connectivity index (χ4n) is 0.387. The van der Waals surface area contributed by atoms with Gasteiger partial charge < -0.3 is 5.73 Å². The maximum atomic E-state index is 5.62. The fourth-order valence-corrected chi connectivity index (χ4v) is 1.58. The molecular weight excluding hydrogens is 189 g/mol. The first-order valence-corrected chi connectivity index (χ1v) is 5.00. The molecule has 0 heterocycles. The Labute approximate surface area is 75.9 Å². The van der Waals surface area contributed by atoms with Crippen LogP contribution in [0.4, 0.5) is 0 Å². The molecule has 0 aromatic rings. The van der Waals surface area contributed by atoms with Crippen molar-refractivity contribution in [2.75, 3.05) is 18.1 Å². The Kier molecular flexibility index (Phi) is 8.22. The van der Waals surface area contributed by atoms with Crippen molar-refractivity contribution in [3.63, 3.8) is 0 Å². The first kappa shape index (κ1) is 10.6. The van der Waals surface area contributed by atoms with Gasteiger partial charge in [-0.3, -0.25) is 0 Å². The molecule has 60 valence electrons. The molecule has 0 aliphatic rings. The smallest absolute Gasteiger partial charge is 0.0392 e. The van der Waals surface area contributed by atoms with Gasteiger partial charge in [-0.05, 0) is 18.7 Å². The zero-order valence-corrected chi connectivity index (χ0v) is 7.98. The first-order chi connectivity index (χ1) is 4.81. The second-order valence-corrected chi connectivity index (χ2v) is 3.56. The van der Waals surface area contributed by atoms with Crippen LogP contribution < -0.4 is 5.73 Å². The zero-order chi connectivity index (χ0) is 7.82. The van der Waals surface area contributed by atoms with E-state index >= 15 is 0 Å². The van der Waals surface area contributed by atoms with Crippen molar-refractivity contribution >= 4 is 35.0 Å². The van der Waals surface area contributed by atoms with Crippen LogP contribution in [-0.2, 0) is 0 Å². The largest absolute Gasteiger partial charge is 0.330 e. The second kappa shape index (κ2) is 7.73. The van der Waals surface area contributed by atoms with Crippen LogP contribution in [0.3, 0.4) is 0 Å². The van der Waals surface area contributed by atoms with Crippen LogP contribution >= 0.6 is 35.0 Å². The molecule has 0 saturated heterocycles. The molecule has 0 aliphatic carbocycles. The third kappa shape index (κ3) is 6.75. The number of thioether (sulfide) groups is 1. The van der Waals surface area contributed by atoms with Gasteiger partial charge in [0.2, 0.25) is 0 Å². The van der Waals surface area contributed by atoms with Gasteiger partial charge in [0, 0.05) is 16.3 Å². The van der Waals surface area contributed by atoms with E-state index < -0.39 is 0 Å². The molecule has 0 bridgehead atoms. The molecule has 0 amide bonds. The average molecular weight is 200 g/mol. The molecular formula is C6H11Cl2NS. The molecule has 0 fully saturated rings. The Morgan fingerprint density at radius 3 is 2.80 bits per heavy atom.